The molecule has 2 amide bonds. The lowest BCUT2D eigenvalue weighted by atomic mass is 9.79. The first-order valence-corrected chi connectivity index (χ1v) is 10.5. The Bertz CT molecular complexity index is 854. The van der Waals surface area contributed by atoms with Crippen LogP contribution in [0.15, 0.2) is 36.4 Å². The predicted octanol–water partition coefficient (Wildman–Crippen LogP) is 3.71. The van der Waals surface area contributed by atoms with Gasteiger partial charge in [-0.15, -0.1) is 0 Å². The summed E-state index contributed by atoms with van der Waals surface area (Å²) in [4.78, 5) is 26.3. The van der Waals surface area contributed by atoms with Crippen molar-refractivity contribution in [2.45, 2.75) is 38.8 Å². The van der Waals surface area contributed by atoms with Crippen LogP contribution >= 0.6 is 11.3 Å². The number of nitrogens with zero attached hydrogens (tertiary/aromatic N) is 1. The van der Waals surface area contributed by atoms with E-state index in [0.717, 1.165) is 18.1 Å². The molecule has 3 aliphatic rings. The molecule has 0 spiro atoms. The molecule has 3 fully saturated rings. The number of thiophene rings is 1. The normalized spacial score (nSPS) is 25.9. The van der Waals surface area contributed by atoms with Crippen LogP contribution in [0.3, 0.4) is 0 Å². The monoisotopic (exact) mass is 399 g/mol. The Morgan fingerprint density at radius 2 is 1.82 bits per heavy atom. The van der Waals surface area contributed by atoms with Gasteiger partial charge in [0, 0.05) is 24.6 Å². The number of hydrogen-bond acceptors (Lipinski definition) is 5. The van der Waals surface area contributed by atoms with Crippen LogP contribution in [-0.4, -0.2) is 41.9 Å². The molecule has 1 aromatic heterocycles. The molecule has 4 heterocycles. The van der Waals surface area contributed by atoms with E-state index in [9.17, 15) is 9.59 Å². The highest BCUT2D eigenvalue weighted by Crippen LogP contribution is 2.34. The quantitative estimate of drug-likeness (QED) is 0.804. The molecular weight excluding hydrogens is 374 g/mol. The topological polar surface area (TPSA) is 70.7 Å². The van der Waals surface area contributed by atoms with Crippen LogP contribution in [0, 0.1) is 5.92 Å². The number of amides is 2. The van der Waals surface area contributed by atoms with E-state index in [1.54, 1.807) is 30.3 Å². The summed E-state index contributed by atoms with van der Waals surface area (Å²) in [6.45, 7) is 5.98. The Morgan fingerprint density at radius 1 is 1.11 bits per heavy atom. The molecule has 0 radical (unpaired) electrons. The number of nitrogens with one attached hydrogen (secondary N) is 2. The van der Waals surface area contributed by atoms with Crippen molar-refractivity contribution in [1.29, 1.82) is 0 Å². The number of piperidine rings is 3. The fraction of sp³-hybridized carbons (Fsp3) is 0.429. The van der Waals surface area contributed by atoms with Crippen LogP contribution in [0.5, 0.6) is 10.8 Å². The van der Waals surface area contributed by atoms with Crippen molar-refractivity contribution in [1.82, 2.24) is 10.2 Å². The van der Waals surface area contributed by atoms with Crippen LogP contribution in [0.25, 0.3) is 0 Å². The van der Waals surface area contributed by atoms with Crippen LogP contribution < -0.4 is 15.4 Å². The second-order valence-corrected chi connectivity index (χ2v) is 8.59. The summed E-state index contributed by atoms with van der Waals surface area (Å²) < 4.78 is 5.81. The first kappa shape index (κ1) is 19.0. The molecule has 2 N–H and O–H groups in total. The number of ether oxygens (including phenoxy) is 1. The van der Waals surface area contributed by atoms with Gasteiger partial charge >= 0.3 is 0 Å². The first-order chi connectivity index (χ1) is 13.5. The molecular formula is C21H25N3O3S. The summed E-state index contributed by atoms with van der Waals surface area (Å²) in [6, 6.07) is 11.4. The second-order valence-electron chi connectivity index (χ2n) is 7.54. The maximum atomic E-state index is 12.7. The van der Waals surface area contributed by atoms with E-state index in [1.807, 2.05) is 6.07 Å². The Balaban J connectivity index is 1.37. The molecule has 148 valence electrons. The number of rotatable bonds is 5. The third-order valence-corrected chi connectivity index (χ3v) is 6.57. The fourth-order valence-corrected chi connectivity index (χ4v) is 5.01. The molecule has 0 aliphatic carbocycles. The standard InChI is InChI=1S/C21H25N3O3S/c1-13-20(15-9-11-24(13)12-10-15)23-21(26)16-3-5-17(6-4-16)27-19-8-7-18(28-19)22-14(2)25/h3-8,13,15,20H,9-12H2,1-2H3,(H,22,25)(H,23,26)/t13-,20-/m0/s1. The second kappa shape index (κ2) is 7.93. The van der Waals surface area contributed by atoms with Crippen molar-refractivity contribution in [3.8, 4) is 10.8 Å². The lowest BCUT2D eigenvalue weighted by Crippen LogP contribution is -2.62. The summed E-state index contributed by atoms with van der Waals surface area (Å²) in [5, 5.41) is 7.40. The van der Waals surface area contributed by atoms with Crippen molar-refractivity contribution in [2.24, 2.45) is 5.92 Å². The summed E-state index contributed by atoms with van der Waals surface area (Å²) in [5.74, 6) is 1.11. The SMILES string of the molecule is CC(=O)Nc1ccc(Oc2ccc(C(=O)N[C@@H]3C4CCN(CC4)[C@H]3C)cc2)s1. The molecule has 7 heteroatoms. The molecule has 1 aromatic carbocycles. The highest BCUT2D eigenvalue weighted by atomic mass is 32.1. The molecule has 28 heavy (non-hydrogen) atoms. The van der Waals surface area contributed by atoms with Gasteiger partial charge in [-0.05, 0) is 75.2 Å². The molecule has 2 aromatic rings. The minimum atomic E-state index is -0.110. The van der Waals surface area contributed by atoms with Crippen molar-refractivity contribution >= 4 is 28.2 Å². The molecule has 3 saturated heterocycles. The molecule has 6 nitrogen and oxygen atoms in total. The molecule has 2 atom stereocenters. The number of carbonyl (C=O) groups is 2. The molecule has 3 aliphatic heterocycles. The third kappa shape index (κ3) is 4.05. The first-order valence-electron chi connectivity index (χ1n) is 9.70. The zero-order valence-electron chi connectivity index (χ0n) is 16.1. The van der Waals surface area contributed by atoms with Crippen LogP contribution in [-0.2, 0) is 4.79 Å². The van der Waals surface area contributed by atoms with Crippen molar-refractivity contribution in [3.63, 3.8) is 0 Å². The Labute approximate surface area is 168 Å². The van der Waals surface area contributed by atoms with E-state index in [-0.39, 0.29) is 17.9 Å². The van der Waals surface area contributed by atoms with E-state index in [1.165, 1.54) is 31.1 Å². The zero-order valence-corrected chi connectivity index (χ0v) is 16.9. The van der Waals surface area contributed by atoms with Crippen molar-refractivity contribution < 1.29 is 14.3 Å². The van der Waals surface area contributed by atoms with Gasteiger partial charge in [0.25, 0.3) is 5.91 Å². The van der Waals surface area contributed by atoms with Gasteiger partial charge in [0.15, 0.2) is 5.06 Å². The predicted molar refractivity (Wildman–Crippen MR) is 110 cm³/mol. The van der Waals surface area contributed by atoms with Crippen molar-refractivity contribution in [2.75, 3.05) is 18.4 Å². The molecule has 0 saturated carbocycles. The number of benzene rings is 1. The van der Waals surface area contributed by atoms with Gasteiger partial charge in [0.1, 0.15) is 5.75 Å². The summed E-state index contributed by atoms with van der Waals surface area (Å²) in [7, 11) is 0. The molecule has 5 rings (SSSR count). The number of hydrogen-bond donors (Lipinski definition) is 2. The smallest absolute Gasteiger partial charge is 0.251 e. The summed E-state index contributed by atoms with van der Waals surface area (Å²) in [6.07, 6.45) is 2.34. The third-order valence-electron chi connectivity index (χ3n) is 5.69. The minimum Gasteiger partial charge on any atom is -0.447 e. The van der Waals surface area contributed by atoms with Crippen LogP contribution in [0.2, 0.25) is 0 Å². The largest absolute Gasteiger partial charge is 0.447 e. The molecule has 2 bridgehead atoms. The van der Waals surface area contributed by atoms with Gasteiger partial charge in [0.2, 0.25) is 5.91 Å². The van der Waals surface area contributed by atoms with Gasteiger partial charge in [-0.2, -0.15) is 0 Å². The Morgan fingerprint density at radius 3 is 2.46 bits per heavy atom. The fourth-order valence-electron chi connectivity index (χ4n) is 4.19. The van der Waals surface area contributed by atoms with Gasteiger partial charge in [-0.25, -0.2) is 0 Å². The highest BCUT2D eigenvalue weighted by molar-refractivity contribution is 7.18. The zero-order chi connectivity index (χ0) is 19.7. The number of carbonyl (C=O) groups excluding carboxylic acids is 2. The lowest BCUT2D eigenvalue weighted by Gasteiger charge is -2.49. The van der Waals surface area contributed by atoms with E-state index in [4.69, 9.17) is 4.74 Å². The van der Waals surface area contributed by atoms with Gasteiger partial charge in [-0.3, -0.25) is 14.5 Å². The van der Waals surface area contributed by atoms with E-state index >= 15 is 0 Å². The maximum Gasteiger partial charge on any atom is 0.251 e. The van der Waals surface area contributed by atoms with Crippen LogP contribution in [0.1, 0.15) is 37.0 Å². The minimum absolute atomic E-state index is 0.0266. The maximum absolute atomic E-state index is 12.7. The average Bonchev–Trinajstić information content (AvgIpc) is 3.11. The Hall–Kier alpha value is -2.38. The molecule has 0 unspecified atom stereocenters. The van der Waals surface area contributed by atoms with E-state index in [0.29, 0.717) is 28.3 Å². The van der Waals surface area contributed by atoms with Gasteiger partial charge < -0.3 is 15.4 Å². The number of fused-ring (bicyclic) bond motifs is 3. The van der Waals surface area contributed by atoms with E-state index < -0.39 is 0 Å². The Kier molecular flexibility index (Phi) is 5.37. The summed E-state index contributed by atoms with van der Waals surface area (Å²) in [5.41, 5.74) is 0.640. The van der Waals surface area contributed by atoms with E-state index in [2.05, 4.69) is 22.5 Å². The summed E-state index contributed by atoms with van der Waals surface area (Å²) >= 11 is 1.36. The highest BCUT2D eigenvalue weighted by Gasteiger charge is 2.40. The van der Waals surface area contributed by atoms with Crippen molar-refractivity contribution in [3.05, 3.63) is 42.0 Å². The van der Waals surface area contributed by atoms with Gasteiger partial charge in [0.05, 0.1) is 5.00 Å². The number of anilines is 1. The van der Waals surface area contributed by atoms with Gasteiger partial charge in [-0.1, -0.05) is 11.3 Å². The van der Waals surface area contributed by atoms with Crippen LogP contribution in [0.4, 0.5) is 5.00 Å². The average molecular weight is 400 g/mol. The lowest BCUT2D eigenvalue weighted by molar-refractivity contribution is -0.114.